The molecule has 0 aliphatic carbocycles. The molecule has 6 heteroatoms. The van der Waals surface area contributed by atoms with E-state index in [1.54, 1.807) is 17.3 Å². The van der Waals surface area contributed by atoms with E-state index in [0.717, 1.165) is 29.3 Å². The van der Waals surface area contributed by atoms with Crippen LogP contribution >= 0.6 is 0 Å². The molecule has 0 bridgehead atoms. The van der Waals surface area contributed by atoms with Gasteiger partial charge in [-0.1, -0.05) is 12.1 Å². The van der Waals surface area contributed by atoms with Gasteiger partial charge in [-0.2, -0.15) is 0 Å². The van der Waals surface area contributed by atoms with Crippen LogP contribution < -0.4 is 10.6 Å². The molecule has 1 atom stereocenters. The molecule has 0 unspecified atom stereocenters. The molecule has 2 aromatic rings. The van der Waals surface area contributed by atoms with Crippen molar-refractivity contribution in [3.8, 4) is 0 Å². The van der Waals surface area contributed by atoms with Gasteiger partial charge in [0.2, 0.25) is 5.91 Å². The molecule has 1 fully saturated rings. The highest BCUT2D eigenvalue weighted by atomic mass is 16.2. The second-order valence-electron chi connectivity index (χ2n) is 5.82. The zero-order valence-electron chi connectivity index (χ0n) is 13.1. The molecule has 3 amide bonds. The summed E-state index contributed by atoms with van der Waals surface area (Å²) in [6.07, 6.45) is 5.28. The Balaban J connectivity index is 1.72. The van der Waals surface area contributed by atoms with Crippen molar-refractivity contribution in [1.29, 1.82) is 0 Å². The van der Waals surface area contributed by atoms with Crippen LogP contribution in [0, 0.1) is 0 Å². The number of pyridine rings is 1. The van der Waals surface area contributed by atoms with E-state index in [1.165, 1.54) is 6.92 Å². The van der Waals surface area contributed by atoms with Crippen molar-refractivity contribution in [3.63, 3.8) is 0 Å². The van der Waals surface area contributed by atoms with Crippen LogP contribution in [0.5, 0.6) is 0 Å². The lowest BCUT2D eigenvalue weighted by Crippen LogP contribution is -2.50. The van der Waals surface area contributed by atoms with Crippen LogP contribution in [0.15, 0.2) is 36.7 Å². The highest BCUT2D eigenvalue weighted by molar-refractivity contribution is 6.01. The van der Waals surface area contributed by atoms with E-state index in [4.69, 9.17) is 0 Å². The van der Waals surface area contributed by atoms with E-state index in [1.807, 2.05) is 24.3 Å². The number of carbonyl (C=O) groups excluding carboxylic acids is 2. The van der Waals surface area contributed by atoms with Gasteiger partial charge in [0.1, 0.15) is 0 Å². The normalized spacial score (nSPS) is 17.8. The maximum absolute atomic E-state index is 12.5. The lowest BCUT2D eigenvalue weighted by Gasteiger charge is -2.33. The first-order valence-corrected chi connectivity index (χ1v) is 7.79. The summed E-state index contributed by atoms with van der Waals surface area (Å²) in [5, 5.41) is 7.82. The van der Waals surface area contributed by atoms with Gasteiger partial charge in [0.05, 0.1) is 5.69 Å². The highest BCUT2D eigenvalue weighted by Gasteiger charge is 2.24. The number of hydrogen-bond acceptors (Lipinski definition) is 3. The fourth-order valence-electron chi connectivity index (χ4n) is 2.99. The van der Waals surface area contributed by atoms with Gasteiger partial charge in [0.15, 0.2) is 0 Å². The summed E-state index contributed by atoms with van der Waals surface area (Å²) in [6, 6.07) is 7.53. The van der Waals surface area contributed by atoms with Crippen molar-refractivity contribution >= 4 is 28.4 Å². The molecular weight excluding hydrogens is 292 g/mol. The average molecular weight is 312 g/mol. The van der Waals surface area contributed by atoms with Crippen molar-refractivity contribution < 1.29 is 9.59 Å². The van der Waals surface area contributed by atoms with Crippen molar-refractivity contribution in [2.45, 2.75) is 25.8 Å². The number of amides is 3. The van der Waals surface area contributed by atoms with E-state index in [2.05, 4.69) is 15.6 Å². The molecule has 1 aromatic heterocycles. The van der Waals surface area contributed by atoms with E-state index >= 15 is 0 Å². The van der Waals surface area contributed by atoms with Crippen molar-refractivity contribution in [3.05, 3.63) is 36.7 Å². The van der Waals surface area contributed by atoms with Crippen molar-refractivity contribution in [2.75, 3.05) is 18.4 Å². The number of hydrogen-bond donors (Lipinski definition) is 2. The summed E-state index contributed by atoms with van der Waals surface area (Å²) in [6.45, 7) is 2.75. The summed E-state index contributed by atoms with van der Waals surface area (Å²) >= 11 is 0. The highest BCUT2D eigenvalue weighted by Crippen LogP contribution is 2.23. The number of aromatic nitrogens is 1. The minimum Gasteiger partial charge on any atom is -0.352 e. The van der Waals surface area contributed by atoms with Crippen LogP contribution in [0.25, 0.3) is 10.8 Å². The summed E-state index contributed by atoms with van der Waals surface area (Å²) < 4.78 is 0. The Labute approximate surface area is 134 Å². The van der Waals surface area contributed by atoms with Gasteiger partial charge in [-0.15, -0.1) is 0 Å². The first-order chi connectivity index (χ1) is 11.1. The summed E-state index contributed by atoms with van der Waals surface area (Å²) in [5.41, 5.74) is 0.775. The number of anilines is 1. The molecule has 3 rings (SSSR count). The van der Waals surface area contributed by atoms with Crippen molar-refractivity contribution in [2.24, 2.45) is 0 Å². The molecule has 23 heavy (non-hydrogen) atoms. The Bertz CT molecular complexity index is 726. The van der Waals surface area contributed by atoms with E-state index in [0.29, 0.717) is 13.1 Å². The van der Waals surface area contributed by atoms with Gasteiger partial charge in [-0.05, 0) is 25.0 Å². The zero-order chi connectivity index (χ0) is 16.2. The molecule has 0 saturated carbocycles. The van der Waals surface area contributed by atoms with Crippen LogP contribution in [-0.2, 0) is 4.79 Å². The Hall–Kier alpha value is -2.63. The molecule has 1 aliphatic heterocycles. The Morgan fingerprint density at radius 2 is 2.17 bits per heavy atom. The lowest BCUT2D eigenvalue weighted by atomic mass is 10.1. The Morgan fingerprint density at radius 1 is 1.30 bits per heavy atom. The summed E-state index contributed by atoms with van der Waals surface area (Å²) in [7, 11) is 0. The standard InChI is InChI=1S/C17H20N4O2/c1-12(22)19-14-5-3-9-21(11-14)17(23)20-16-6-2-4-13-10-18-8-7-15(13)16/h2,4,6-8,10,14H,3,5,9,11H2,1H3,(H,19,22)(H,20,23)/t14-/m1/s1. The fourth-order valence-corrected chi connectivity index (χ4v) is 2.99. The van der Waals surface area contributed by atoms with Crippen molar-refractivity contribution in [1.82, 2.24) is 15.2 Å². The first kappa shape index (κ1) is 15.3. The topological polar surface area (TPSA) is 74.3 Å². The first-order valence-electron chi connectivity index (χ1n) is 7.79. The third-order valence-corrected chi connectivity index (χ3v) is 4.04. The minimum atomic E-state index is -0.135. The molecule has 120 valence electrons. The molecule has 6 nitrogen and oxygen atoms in total. The Morgan fingerprint density at radius 3 is 3.00 bits per heavy atom. The van der Waals surface area contributed by atoms with E-state index < -0.39 is 0 Å². The largest absolute Gasteiger partial charge is 0.352 e. The number of nitrogens with zero attached hydrogens (tertiary/aromatic N) is 2. The molecule has 2 heterocycles. The average Bonchev–Trinajstić information content (AvgIpc) is 2.55. The van der Waals surface area contributed by atoms with Gasteiger partial charge in [0.25, 0.3) is 0 Å². The van der Waals surface area contributed by atoms with Crippen LogP contribution in [0.3, 0.4) is 0 Å². The molecule has 0 spiro atoms. The maximum atomic E-state index is 12.5. The zero-order valence-corrected chi connectivity index (χ0v) is 13.1. The van der Waals surface area contributed by atoms with Gasteiger partial charge in [-0.3, -0.25) is 9.78 Å². The van der Waals surface area contributed by atoms with E-state index in [9.17, 15) is 9.59 Å². The second-order valence-corrected chi connectivity index (χ2v) is 5.82. The smallest absolute Gasteiger partial charge is 0.321 e. The summed E-state index contributed by atoms with van der Waals surface area (Å²) in [4.78, 5) is 29.6. The number of benzene rings is 1. The molecule has 1 aliphatic rings. The second kappa shape index (κ2) is 6.64. The number of carbonyl (C=O) groups is 2. The third-order valence-electron chi connectivity index (χ3n) is 4.04. The fraction of sp³-hybridized carbons (Fsp3) is 0.353. The van der Waals surface area contributed by atoms with Gasteiger partial charge >= 0.3 is 6.03 Å². The SMILES string of the molecule is CC(=O)N[C@@H]1CCCN(C(=O)Nc2cccc3cnccc23)C1. The van der Waals surface area contributed by atoms with E-state index in [-0.39, 0.29) is 18.0 Å². The monoisotopic (exact) mass is 312 g/mol. The number of piperidine rings is 1. The van der Waals surface area contributed by atoms with Gasteiger partial charge in [0, 0.05) is 49.2 Å². The number of fused-ring (bicyclic) bond motifs is 1. The molecule has 1 aromatic carbocycles. The van der Waals surface area contributed by atoms with Crippen LogP contribution in [-0.4, -0.2) is 41.0 Å². The van der Waals surface area contributed by atoms with Crippen LogP contribution in [0.4, 0.5) is 10.5 Å². The predicted octanol–water partition coefficient (Wildman–Crippen LogP) is 2.37. The van der Waals surface area contributed by atoms with Crippen LogP contribution in [0.2, 0.25) is 0 Å². The summed E-state index contributed by atoms with van der Waals surface area (Å²) in [5.74, 6) is -0.0567. The third kappa shape index (κ3) is 3.59. The molecule has 2 N–H and O–H groups in total. The number of likely N-dealkylation sites (tertiary alicyclic amines) is 1. The number of rotatable bonds is 2. The molecule has 1 saturated heterocycles. The Kier molecular flexibility index (Phi) is 4.41. The predicted molar refractivity (Wildman–Crippen MR) is 89.2 cm³/mol. The maximum Gasteiger partial charge on any atom is 0.321 e. The van der Waals surface area contributed by atoms with Gasteiger partial charge < -0.3 is 15.5 Å². The number of nitrogens with one attached hydrogen (secondary N) is 2. The van der Waals surface area contributed by atoms with Crippen LogP contribution in [0.1, 0.15) is 19.8 Å². The molecular formula is C17H20N4O2. The molecule has 0 radical (unpaired) electrons. The van der Waals surface area contributed by atoms with Gasteiger partial charge in [-0.25, -0.2) is 4.79 Å². The quantitative estimate of drug-likeness (QED) is 0.894. The minimum absolute atomic E-state index is 0.0312. The lowest BCUT2D eigenvalue weighted by molar-refractivity contribution is -0.119. The number of urea groups is 1.